The number of nitrogens with zero attached hydrogens (tertiary/aromatic N) is 3. The zero-order valence-electron chi connectivity index (χ0n) is 40.8. The van der Waals surface area contributed by atoms with Gasteiger partial charge in [-0.25, -0.2) is 4.79 Å². The summed E-state index contributed by atoms with van der Waals surface area (Å²) in [6.07, 6.45) is 1.54. The van der Waals surface area contributed by atoms with Gasteiger partial charge in [0.05, 0.1) is 48.8 Å². The van der Waals surface area contributed by atoms with Gasteiger partial charge in [-0.3, -0.25) is 24.1 Å². The van der Waals surface area contributed by atoms with E-state index in [1.54, 1.807) is 30.9 Å². The van der Waals surface area contributed by atoms with Gasteiger partial charge < -0.3 is 39.8 Å². The molecule has 2 aromatic rings. The summed E-state index contributed by atoms with van der Waals surface area (Å²) in [7, 11) is 6.71. The maximum absolute atomic E-state index is 14.6. The number of carbonyl (C=O) groups excluding carboxylic acids is 4. The Hall–Kier alpha value is -4.53. The first kappa shape index (κ1) is 53.8. The second-order valence-corrected chi connectivity index (χ2v) is 18.6. The van der Waals surface area contributed by atoms with E-state index in [0.717, 1.165) is 23.3 Å². The molecule has 1 aliphatic heterocycles. The summed E-state index contributed by atoms with van der Waals surface area (Å²) in [6.45, 7) is 18.7. The quantitative estimate of drug-likeness (QED) is 0.104. The molecule has 0 radical (unpaired) electrons. The highest BCUT2D eigenvalue weighted by Crippen LogP contribution is 2.30. The van der Waals surface area contributed by atoms with Crippen molar-refractivity contribution >= 4 is 29.6 Å². The van der Waals surface area contributed by atoms with E-state index < -0.39 is 60.2 Å². The van der Waals surface area contributed by atoms with Crippen LogP contribution in [0.2, 0.25) is 0 Å². The van der Waals surface area contributed by atoms with Crippen LogP contribution in [0.3, 0.4) is 0 Å². The Labute approximate surface area is 383 Å². The Bertz CT molecular complexity index is 1770. The summed E-state index contributed by atoms with van der Waals surface area (Å²) in [5.74, 6) is -2.58. The van der Waals surface area contributed by atoms with Crippen LogP contribution >= 0.6 is 0 Å². The molecule has 64 heavy (non-hydrogen) atoms. The van der Waals surface area contributed by atoms with Crippen molar-refractivity contribution in [2.75, 3.05) is 41.4 Å². The second-order valence-electron chi connectivity index (χ2n) is 18.6. The van der Waals surface area contributed by atoms with Crippen molar-refractivity contribution in [1.82, 2.24) is 25.3 Å². The summed E-state index contributed by atoms with van der Waals surface area (Å²) < 4.78 is 17.8. The van der Waals surface area contributed by atoms with Crippen molar-refractivity contribution in [2.24, 2.45) is 23.7 Å². The van der Waals surface area contributed by atoms with Crippen LogP contribution in [-0.2, 0) is 46.3 Å². The van der Waals surface area contributed by atoms with Gasteiger partial charge in [-0.15, -0.1) is 0 Å². The predicted molar refractivity (Wildman–Crippen MR) is 250 cm³/mol. The van der Waals surface area contributed by atoms with Gasteiger partial charge in [-0.05, 0) is 81.2 Å². The van der Waals surface area contributed by atoms with Crippen molar-refractivity contribution < 1.29 is 43.3 Å². The molecule has 1 aliphatic rings. The summed E-state index contributed by atoms with van der Waals surface area (Å²) in [4.78, 5) is 74.3. The maximum atomic E-state index is 14.6. The van der Waals surface area contributed by atoms with Crippen LogP contribution in [0.5, 0.6) is 5.75 Å². The molecule has 4 amide bonds. The van der Waals surface area contributed by atoms with Gasteiger partial charge in [0.2, 0.25) is 23.6 Å². The number of likely N-dealkylation sites (N-methyl/N-ethyl adjacent to an activating group) is 2. The molecule has 358 valence electrons. The number of aliphatic carboxylic acids is 1. The number of benzene rings is 2. The second kappa shape index (κ2) is 25.8. The van der Waals surface area contributed by atoms with Crippen LogP contribution in [0.4, 0.5) is 0 Å². The number of rotatable bonds is 26. The standard InChI is InChI=1S/C50H79N5O9/c1-14-34(8)45(54(11)49(59)43(31(2)3)52-48(58)44(32(4)5)53(10)28-26-36-22-24-38(25-23-36)64-33(6)7)41(62-12)30-42(56)55-27-18-21-40(55)46(63-13)35(9)47(57)51-39(50(60)61)29-37-19-16-15-17-20-37/h15-17,19-20,22-25,31-35,39-41,43-46H,14,18,21,26-30H2,1-13H3,(H,51,57)(H,52,58)(H,60,61)/t34-,35+,39-,40-,41+,43-,44-,45-,46+/m0/s1. The Morgan fingerprint density at radius 1 is 0.828 bits per heavy atom. The SMILES string of the molecule is CC[C@H](C)[C@@H]([C@@H](CC(=O)N1CCC[C@H]1[C@H](OC)[C@@H](C)C(=O)N[C@@H](Cc1ccccc1)C(=O)O)OC)N(C)C(=O)[C@@H](NC(=O)[C@H](C(C)C)N(C)CCc1ccc(OC(C)C)cc1)C(C)C. The van der Waals surface area contributed by atoms with E-state index in [0.29, 0.717) is 32.4 Å². The summed E-state index contributed by atoms with van der Waals surface area (Å²) in [6, 6.07) is 13.7. The van der Waals surface area contributed by atoms with Crippen molar-refractivity contribution in [3.05, 3.63) is 65.7 Å². The Balaban J connectivity index is 1.75. The molecular weight excluding hydrogens is 815 g/mol. The first-order valence-electron chi connectivity index (χ1n) is 23.2. The summed E-state index contributed by atoms with van der Waals surface area (Å²) >= 11 is 0. The fraction of sp³-hybridized carbons (Fsp3) is 0.660. The van der Waals surface area contributed by atoms with Crippen LogP contribution in [0, 0.1) is 23.7 Å². The molecule has 14 nitrogen and oxygen atoms in total. The Morgan fingerprint density at radius 2 is 1.47 bits per heavy atom. The van der Waals surface area contributed by atoms with Crippen molar-refractivity contribution in [1.29, 1.82) is 0 Å². The van der Waals surface area contributed by atoms with E-state index in [1.165, 1.54) is 7.11 Å². The number of carboxylic acids is 1. The van der Waals surface area contributed by atoms with Gasteiger partial charge >= 0.3 is 5.97 Å². The van der Waals surface area contributed by atoms with E-state index in [2.05, 4.69) is 10.6 Å². The first-order valence-corrected chi connectivity index (χ1v) is 23.2. The topological polar surface area (TPSA) is 167 Å². The molecule has 1 heterocycles. The van der Waals surface area contributed by atoms with Crippen molar-refractivity contribution in [3.8, 4) is 5.75 Å². The fourth-order valence-electron chi connectivity index (χ4n) is 9.09. The molecule has 14 heteroatoms. The summed E-state index contributed by atoms with van der Waals surface area (Å²) in [5.41, 5.74) is 1.91. The van der Waals surface area contributed by atoms with Gasteiger partial charge in [0.25, 0.3) is 0 Å². The number of methoxy groups -OCH3 is 2. The average Bonchev–Trinajstić information content (AvgIpc) is 3.74. The van der Waals surface area contributed by atoms with Gasteiger partial charge in [0, 0.05) is 40.8 Å². The fourth-order valence-corrected chi connectivity index (χ4v) is 9.09. The van der Waals surface area contributed by atoms with Gasteiger partial charge in [0.15, 0.2) is 0 Å². The Morgan fingerprint density at radius 3 is 2.00 bits per heavy atom. The van der Waals surface area contributed by atoms with Crippen LogP contribution in [0.1, 0.15) is 99.1 Å². The van der Waals surface area contributed by atoms with Crippen LogP contribution in [-0.4, -0.2) is 139 Å². The van der Waals surface area contributed by atoms with Gasteiger partial charge in [-0.1, -0.05) is 97.4 Å². The van der Waals surface area contributed by atoms with E-state index in [-0.39, 0.29) is 54.4 Å². The highest BCUT2D eigenvalue weighted by Gasteiger charge is 2.43. The molecule has 0 saturated carbocycles. The molecule has 9 atom stereocenters. The molecule has 0 bridgehead atoms. The molecule has 0 aromatic heterocycles. The minimum atomic E-state index is -1.14. The third-order valence-electron chi connectivity index (χ3n) is 12.8. The van der Waals surface area contributed by atoms with E-state index in [4.69, 9.17) is 14.2 Å². The molecule has 3 rings (SSSR count). The smallest absolute Gasteiger partial charge is 0.326 e. The lowest BCUT2D eigenvalue weighted by Gasteiger charge is -2.41. The molecule has 1 fully saturated rings. The zero-order valence-corrected chi connectivity index (χ0v) is 40.8. The predicted octanol–water partition coefficient (Wildman–Crippen LogP) is 5.85. The van der Waals surface area contributed by atoms with Crippen LogP contribution < -0.4 is 15.4 Å². The number of hydrogen-bond donors (Lipinski definition) is 3. The lowest BCUT2D eigenvalue weighted by molar-refractivity contribution is -0.148. The minimum absolute atomic E-state index is 0.0266. The van der Waals surface area contributed by atoms with Gasteiger partial charge in [-0.2, -0.15) is 0 Å². The lowest BCUT2D eigenvalue weighted by Crippen LogP contribution is -2.60. The highest BCUT2D eigenvalue weighted by atomic mass is 16.5. The zero-order chi connectivity index (χ0) is 47.8. The Kier molecular flexibility index (Phi) is 21.7. The van der Waals surface area contributed by atoms with Gasteiger partial charge in [0.1, 0.15) is 17.8 Å². The number of carbonyl (C=O) groups is 5. The lowest BCUT2D eigenvalue weighted by atomic mass is 9.89. The molecule has 2 aromatic carbocycles. The largest absolute Gasteiger partial charge is 0.491 e. The molecule has 0 aliphatic carbocycles. The number of ether oxygens (including phenoxy) is 3. The number of carboxylic acid groups (broad SMARTS) is 1. The molecule has 3 N–H and O–H groups in total. The maximum Gasteiger partial charge on any atom is 0.326 e. The van der Waals surface area contributed by atoms with E-state index >= 15 is 0 Å². The molecule has 1 saturated heterocycles. The normalized spacial score (nSPS) is 18.0. The monoisotopic (exact) mass is 894 g/mol. The molecular formula is C50H79N5O9. The number of hydrogen-bond acceptors (Lipinski definition) is 9. The summed E-state index contributed by atoms with van der Waals surface area (Å²) in [5, 5.41) is 15.8. The van der Waals surface area contributed by atoms with Crippen molar-refractivity contribution in [3.63, 3.8) is 0 Å². The van der Waals surface area contributed by atoms with E-state index in [9.17, 15) is 29.1 Å². The average molecular weight is 894 g/mol. The third kappa shape index (κ3) is 15.0. The molecule has 0 spiro atoms. The minimum Gasteiger partial charge on any atom is -0.491 e. The van der Waals surface area contributed by atoms with E-state index in [1.807, 2.05) is 122 Å². The third-order valence-corrected chi connectivity index (χ3v) is 12.8. The van der Waals surface area contributed by atoms with Crippen LogP contribution in [0.25, 0.3) is 0 Å². The number of likely N-dealkylation sites (tertiary alicyclic amines) is 1. The molecule has 0 unspecified atom stereocenters. The first-order chi connectivity index (χ1) is 30.2. The highest BCUT2D eigenvalue weighted by molar-refractivity contribution is 5.90. The van der Waals surface area contributed by atoms with Crippen LogP contribution in [0.15, 0.2) is 54.6 Å². The van der Waals surface area contributed by atoms with Crippen molar-refractivity contribution in [2.45, 2.75) is 149 Å². The number of amides is 4. The number of nitrogens with one attached hydrogen (secondary N) is 2.